The Morgan fingerprint density at radius 1 is 1.14 bits per heavy atom. The van der Waals surface area contributed by atoms with E-state index in [1.165, 1.54) is 5.56 Å². The minimum absolute atomic E-state index is 0.0230. The summed E-state index contributed by atoms with van der Waals surface area (Å²) in [5.41, 5.74) is 3.06. The lowest BCUT2D eigenvalue weighted by Gasteiger charge is -2.23. The van der Waals surface area contributed by atoms with Crippen LogP contribution < -0.4 is 5.32 Å². The first-order chi connectivity index (χ1) is 13.6. The van der Waals surface area contributed by atoms with E-state index >= 15 is 0 Å². The molecule has 0 spiro atoms. The van der Waals surface area contributed by atoms with Crippen molar-refractivity contribution in [3.05, 3.63) is 65.7 Å². The van der Waals surface area contributed by atoms with Crippen molar-refractivity contribution >= 4 is 5.91 Å². The number of amides is 1. The Morgan fingerprint density at radius 2 is 1.93 bits per heavy atom. The Balaban J connectivity index is 1.58. The average Bonchev–Trinajstić information content (AvgIpc) is 3.20. The molecule has 2 aromatic heterocycles. The van der Waals surface area contributed by atoms with Crippen molar-refractivity contribution in [2.75, 3.05) is 0 Å². The highest BCUT2D eigenvalue weighted by Gasteiger charge is 2.19. The van der Waals surface area contributed by atoms with Gasteiger partial charge in [-0.2, -0.15) is 4.98 Å². The molecule has 2 heterocycles. The number of benzene rings is 1. The highest BCUT2D eigenvalue weighted by Crippen LogP contribution is 2.22. The minimum Gasteiger partial charge on any atom is -0.349 e. The minimum atomic E-state index is -0.0316. The van der Waals surface area contributed by atoms with E-state index in [1.54, 1.807) is 6.20 Å². The first kappa shape index (κ1) is 19.7. The van der Waals surface area contributed by atoms with Crippen LogP contribution in [0.15, 0.2) is 53.2 Å². The van der Waals surface area contributed by atoms with Gasteiger partial charge in [0, 0.05) is 19.0 Å². The highest BCUT2D eigenvalue weighted by atomic mass is 16.5. The molecule has 146 valence electrons. The second kappa shape index (κ2) is 9.26. The standard InChI is InChI=1S/C22H26N4O2/c1-4-16-8-10-17(11-9-16)21(15(2)3)24-19(27)12-13-20-25-22(26-28-20)18-7-5-6-14-23-18/h5-11,14-15,21H,4,12-13H2,1-3H3,(H,24,27)/t21-/m0/s1. The number of hydrogen-bond donors (Lipinski definition) is 1. The summed E-state index contributed by atoms with van der Waals surface area (Å²) in [5.74, 6) is 1.13. The molecule has 0 unspecified atom stereocenters. The Bertz CT molecular complexity index is 888. The van der Waals surface area contributed by atoms with Gasteiger partial charge in [0.25, 0.3) is 0 Å². The molecule has 1 aromatic carbocycles. The number of aryl methyl sites for hydroxylation is 2. The number of aromatic nitrogens is 3. The van der Waals surface area contributed by atoms with Crippen molar-refractivity contribution in [3.8, 4) is 11.5 Å². The fourth-order valence-electron chi connectivity index (χ4n) is 3.02. The molecule has 0 radical (unpaired) electrons. The molecule has 1 N–H and O–H groups in total. The smallest absolute Gasteiger partial charge is 0.227 e. The van der Waals surface area contributed by atoms with Crippen LogP contribution in [-0.2, 0) is 17.6 Å². The molecule has 0 saturated heterocycles. The van der Waals surface area contributed by atoms with Crippen LogP contribution in [0.4, 0.5) is 0 Å². The lowest BCUT2D eigenvalue weighted by atomic mass is 9.94. The molecule has 0 aliphatic heterocycles. The summed E-state index contributed by atoms with van der Waals surface area (Å²) < 4.78 is 5.25. The maximum Gasteiger partial charge on any atom is 0.227 e. The monoisotopic (exact) mass is 378 g/mol. The van der Waals surface area contributed by atoms with Crippen LogP contribution in [0.25, 0.3) is 11.5 Å². The van der Waals surface area contributed by atoms with E-state index in [0.717, 1.165) is 12.0 Å². The van der Waals surface area contributed by atoms with Gasteiger partial charge in [-0.3, -0.25) is 9.78 Å². The molecular weight excluding hydrogens is 352 g/mol. The summed E-state index contributed by atoms with van der Waals surface area (Å²) in [6.07, 6.45) is 3.37. The fraction of sp³-hybridized carbons (Fsp3) is 0.364. The molecule has 3 rings (SSSR count). The van der Waals surface area contributed by atoms with Gasteiger partial charge in [0.1, 0.15) is 5.69 Å². The largest absolute Gasteiger partial charge is 0.349 e. The third-order valence-electron chi connectivity index (χ3n) is 4.66. The van der Waals surface area contributed by atoms with Crippen LogP contribution >= 0.6 is 0 Å². The van der Waals surface area contributed by atoms with Gasteiger partial charge in [0.05, 0.1) is 6.04 Å². The molecule has 6 nitrogen and oxygen atoms in total. The van der Waals surface area contributed by atoms with Crippen LogP contribution in [-0.4, -0.2) is 21.0 Å². The average molecular weight is 378 g/mol. The number of hydrogen-bond acceptors (Lipinski definition) is 5. The van der Waals surface area contributed by atoms with E-state index in [9.17, 15) is 4.79 Å². The molecule has 0 fully saturated rings. The summed E-state index contributed by atoms with van der Waals surface area (Å²) in [4.78, 5) is 21.0. The van der Waals surface area contributed by atoms with Gasteiger partial charge in [0.2, 0.25) is 17.6 Å². The number of nitrogens with one attached hydrogen (secondary N) is 1. The van der Waals surface area contributed by atoms with Crippen LogP contribution in [0.5, 0.6) is 0 Å². The molecule has 0 bridgehead atoms. The van der Waals surface area contributed by atoms with E-state index in [4.69, 9.17) is 4.52 Å². The van der Waals surface area contributed by atoms with Gasteiger partial charge in [-0.15, -0.1) is 0 Å². The molecule has 1 amide bonds. The van der Waals surface area contributed by atoms with Crippen molar-refractivity contribution in [1.82, 2.24) is 20.4 Å². The SMILES string of the molecule is CCc1ccc([C@@H](NC(=O)CCc2nc(-c3ccccn3)no2)C(C)C)cc1. The van der Waals surface area contributed by atoms with E-state index in [0.29, 0.717) is 30.3 Å². The van der Waals surface area contributed by atoms with E-state index in [-0.39, 0.29) is 17.9 Å². The summed E-state index contributed by atoms with van der Waals surface area (Å²) in [7, 11) is 0. The van der Waals surface area contributed by atoms with Crippen LogP contribution in [0.2, 0.25) is 0 Å². The molecule has 28 heavy (non-hydrogen) atoms. The van der Waals surface area contributed by atoms with Crippen molar-refractivity contribution in [2.45, 2.75) is 46.1 Å². The first-order valence-electron chi connectivity index (χ1n) is 9.69. The Kier molecular flexibility index (Phi) is 6.53. The van der Waals surface area contributed by atoms with Gasteiger partial charge in [-0.1, -0.05) is 56.3 Å². The number of rotatable bonds is 8. The molecule has 0 aliphatic rings. The molecule has 3 aromatic rings. The molecule has 0 saturated carbocycles. The number of pyridine rings is 1. The van der Waals surface area contributed by atoms with E-state index in [1.807, 2.05) is 18.2 Å². The number of nitrogens with zero attached hydrogens (tertiary/aromatic N) is 3. The van der Waals surface area contributed by atoms with Crippen molar-refractivity contribution in [2.24, 2.45) is 5.92 Å². The Labute approximate surface area is 165 Å². The second-order valence-electron chi connectivity index (χ2n) is 7.11. The maximum absolute atomic E-state index is 12.5. The van der Waals surface area contributed by atoms with E-state index in [2.05, 4.69) is 65.5 Å². The Hall–Kier alpha value is -3.02. The summed E-state index contributed by atoms with van der Waals surface area (Å²) in [5, 5.41) is 7.07. The molecule has 0 aliphatic carbocycles. The lowest BCUT2D eigenvalue weighted by molar-refractivity contribution is -0.122. The van der Waals surface area contributed by atoms with Crippen LogP contribution in [0, 0.1) is 5.92 Å². The summed E-state index contributed by atoms with van der Waals surface area (Å²) in [6, 6.07) is 13.9. The third kappa shape index (κ3) is 5.03. The van der Waals surface area contributed by atoms with E-state index < -0.39 is 0 Å². The van der Waals surface area contributed by atoms with Gasteiger partial charge in [0.15, 0.2) is 0 Å². The molecular formula is C22H26N4O2. The quantitative estimate of drug-likeness (QED) is 0.637. The first-order valence-corrected chi connectivity index (χ1v) is 9.69. The zero-order chi connectivity index (χ0) is 19.9. The maximum atomic E-state index is 12.5. The van der Waals surface area contributed by atoms with Gasteiger partial charge >= 0.3 is 0 Å². The number of carbonyl (C=O) groups excluding carboxylic acids is 1. The molecule has 1 atom stereocenters. The van der Waals surface area contributed by atoms with Crippen LogP contribution in [0.1, 0.15) is 50.3 Å². The lowest BCUT2D eigenvalue weighted by Crippen LogP contribution is -2.31. The van der Waals surface area contributed by atoms with Crippen molar-refractivity contribution in [1.29, 1.82) is 0 Å². The summed E-state index contributed by atoms with van der Waals surface area (Å²) in [6.45, 7) is 6.35. The topological polar surface area (TPSA) is 80.9 Å². The van der Waals surface area contributed by atoms with Crippen molar-refractivity contribution in [3.63, 3.8) is 0 Å². The fourth-order valence-corrected chi connectivity index (χ4v) is 3.02. The Morgan fingerprint density at radius 3 is 2.57 bits per heavy atom. The second-order valence-corrected chi connectivity index (χ2v) is 7.11. The van der Waals surface area contributed by atoms with Crippen LogP contribution in [0.3, 0.4) is 0 Å². The van der Waals surface area contributed by atoms with Gasteiger partial charge < -0.3 is 9.84 Å². The zero-order valence-electron chi connectivity index (χ0n) is 16.6. The van der Waals surface area contributed by atoms with Crippen molar-refractivity contribution < 1.29 is 9.32 Å². The zero-order valence-corrected chi connectivity index (χ0v) is 16.6. The third-order valence-corrected chi connectivity index (χ3v) is 4.66. The van der Waals surface area contributed by atoms with Gasteiger partial charge in [-0.25, -0.2) is 0 Å². The summed E-state index contributed by atoms with van der Waals surface area (Å²) >= 11 is 0. The predicted octanol–water partition coefficient (Wildman–Crippen LogP) is 4.14. The normalized spacial score (nSPS) is 12.1. The number of carbonyl (C=O) groups is 1. The highest BCUT2D eigenvalue weighted by molar-refractivity contribution is 5.76. The predicted molar refractivity (Wildman–Crippen MR) is 107 cm³/mol. The van der Waals surface area contributed by atoms with Gasteiger partial charge in [-0.05, 0) is 35.6 Å². The molecule has 6 heteroatoms.